The molecule has 0 saturated carbocycles. The summed E-state index contributed by atoms with van der Waals surface area (Å²) in [4.78, 5) is 24.0. The lowest BCUT2D eigenvalue weighted by Gasteiger charge is -2.17. The van der Waals surface area contributed by atoms with Crippen molar-refractivity contribution in [2.75, 3.05) is 11.9 Å². The number of carbonyl (C=O) groups excluding carboxylic acids is 2. The number of nitrogens with one attached hydrogen (secondary N) is 2. The topological polar surface area (TPSA) is 121 Å². The van der Waals surface area contributed by atoms with E-state index in [0.717, 1.165) is 10.9 Å². The summed E-state index contributed by atoms with van der Waals surface area (Å²) in [5, 5.41) is 25.6. The van der Waals surface area contributed by atoms with E-state index >= 15 is 0 Å². The van der Waals surface area contributed by atoms with Crippen LogP contribution in [0.2, 0.25) is 0 Å². The van der Waals surface area contributed by atoms with E-state index in [1.807, 2.05) is 24.3 Å². The maximum atomic E-state index is 12.5. The molecule has 8 nitrogen and oxygen atoms in total. The molecule has 4 N–H and O–H groups in total. The fraction of sp³-hybridized carbons (Fsp3) is 0.238. The predicted octanol–water partition coefficient (Wildman–Crippen LogP) is 2.28. The number of ether oxygens (including phenoxy) is 1. The molecule has 1 aromatic heterocycles. The van der Waals surface area contributed by atoms with Crippen LogP contribution in [0.1, 0.15) is 18.1 Å². The molecule has 0 bridgehead atoms. The smallest absolute Gasteiger partial charge is 0.464 e. The number of rotatable bonds is 8. The first-order valence-electron chi connectivity index (χ1n) is 9.59. The number of amides is 2. The fourth-order valence-corrected chi connectivity index (χ4v) is 3.15. The van der Waals surface area contributed by atoms with Gasteiger partial charge in [-0.1, -0.05) is 30.3 Å². The lowest BCUT2D eigenvalue weighted by Crippen LogP contribution is -2.48. The van der Waals surface area contributed by atoms with E-state index < -0.39 is 19.2 Å². The average molecular weight is 410 g/mol. The van der Waals surface area contributed by atoms with Crippen LogP contribution in [0.15, 0.2) is 59.2 Å². The summed E-state index contributed by atoms with van der Waals surface area (Å²) in [6.45, 7) is 1.96. The molecule has 2 amide bonds. The van der Waals surface area contributed by atoms with E-state index in [4.69, 9.17) is 9.15 Å². The molecule has 0 saturated heterocycles. The number of carbonyl (C=O) groups is 2. The first kappa shape index (κ1) is 21.4. The number of fused-ring (bicyclic) bond motifs is 1. The molecule has 0 aliphatic heterocycles. The Morgan fingerprint density at radius 1 is 1.17 bits per heavy atom. The van der Waals surface area contributed by atoms with Crippen LogP contribution in [0, 0.1) is 0 Å². The van der Waals surface area contributed by atoms with Gasteiger partial charge in [0.2, 0.25) is 5.91 Å². The summed E-state index contributed by atoms with van der Waals surface area (Å²) in [5.41, 5.74) is 2.62. The summed E-state index contributed by atoms with van der Waals surface area (Å²) in [7, 11) is -1.74. The third kappa shape index (κ3) is 5.62. The summed E-state index contributed by atoms with van der Waals surface area (Å²) < 4.78 is 10.3. The van der Waals surface area contributed by atoms with Gasteiger partial charge in [-0.05, 0) is 42.7 Å². The zero-order chi connectivity index (χ0) is 21.5. The lowest BCUT2D eigenvalue weighted by molar-refractivity contribution is -0.120. The molecule has 0 radical (unpaired) electrons. The van der Waals surface area contributed by atoms with Gasteiger partial charge in [-0.3, -0.25) is 10.1 Å². The number of anilines is 1. The molecular weight excluding hydrogens is 387 g/mol. The standard InChI is InChI=1S/C21H23BN2O6/c1-2-29-21(26)23-16-7-5-6-14(10-16)11-20(25)24-19(22(27)28)12-15-13-30-18-9-4-3-8-17(15)18/h3-10,13,19,27-28H,2,11-12H2,1H3,(H,23,26)(H,24,25)/t19-/m0/s1. The van der Waals surface area contributed by atoms with Crippen LogP contribution in [0.5, 0.6) is 0 Å². The van der Waals surface area contributed by atoms with Gasteiger partial charge >= 0.3 is 13.2 Å². The minimum Gasteiger partial charge on any atom is -0.464 e. The molecule has 0 aliphatic carbocycles. The molecule has 156 valence electrons. The second-order valence-electron chi connectivity index (χ2n) is 6.77. The highest BCUT2D eigenvalue weighted by atomic mass is 16.5. The van der Waals surface area contributed by atoms with Crippen LogP contribution in [0.3, 0.4) is 0 Å². The number of benzene rings is 2. The Kier molecular flexibility index (Phi) is 7.10. The molecule has 30 heavy (non-hydrogen) atoms. The van der Waals surface area contributed by atoms with Gasteiger partial charge in [0.1, 0.15) is 5.58 Å². The largest absolute Gasteiger partial charge is 0.475 e. The van der Waals surface area contributed by atoms with Gasteiger partial charge in [0.15, 0.2) is 0 Å². The Balaban J connectivity index is 1.64. The minimum absolute atomic E-state index is 0.00764. The van der Waals surface area contributed by atoms with Crippen molar-refractivity contribution in [3.8, 4) is 0 Å². The van der Waals surface area contributed by atoms with E-state index in [-0.39, 0.29) is 25.4 Å². The second kappa shape index (κ2) is 9.95. The van der Waals surface area contributed by atoms with Gasteiger partial charge in [0.25, 0.3) is 0 Å². The van der Waals surface area contributed by atoms with Crippen molar-refractivity contribution >= 4 is 35.8 Å². The van der Waals surface area contributed by atoms with E-state index in [9.17, 15) is 19.6 Å². The van der Waals surface area contributed by atoms with Crippen LogP contribution in [0.4, 0.5) is 10.5 Å². The van der Waals surface area contributed by atoms with Crippen LogP contribution >= 0.6 is 0 Å². The van der Waals surface area contributed by atoms with Crippen LogP contribution < -0.4 is 10.6 Å². The quantitative estimate of drug-likeness (QED) is 0.423. The molecule has 0 spiro atoms. The third-order valence-corrected chi connectivity index (χ3v) is 4.52. The van der Waals surface area contributed by atoms with Crippen molar-refractivity contribution in [3.05, 3.63) is 65.9 Å². The number of hydrogen-bond acceptors (Lipinski definition) is 6. The summed E-state index contributed by atoms with van der Waals surface area (Å²) in [5.74, 6) is -1.28. The van der Waals surface area contributed by atoms with Crippen molar-refractivity contribution in [3.63, 3.8) is 0 Å². The first-order valence-corrected chi connectivity index (χ1v) is 9.59. The Morgan fingerprint density at radius 3 is 2.73 bits per heavy atom. The van der Waals surface area contributed by atoms with E-state index in [1.165, 1.54) is 0 Å². The van der Waals surface area contributed by atoms with Gasteiger partial charge in [-0.15, -0.1) is 0 Å². The monoisotopic (exact) mass is 410 g/mol. The number of furan rings is 1. The first-order chi connectivity index (χ1) is 14.5. The molecule has 1 heterocycles. The summed E-state index contributed by atoms with van der Waals surface area (Å²) in [6.07, 6.45) is 1.19. The van der Waals surface area contributed by atoms with Crippen LogP contribution in [0.25, 0.3) is 11.0 Å². The molecule has 0 unspecified atom stereocenters. The molecule has 0 aliphatic rings. The zero-order valence-electron chi connectivity index (χ0n) is 16.5. The van der Waals surface area contributed by atoms with Crippen molar-refractivity contribution < 1.29 is 28.8 Å². The molecular formula is C21H23BN2O6. The Labute approximate surface area is 174 Å². The van der Waals surface area contributed by atoms with Gasteiger partial charge < -0.3 is 24.5 Å². The third-order valence-electron chi connectivity index (χ3n) is 4.52. The van der Waals surface area contributed by atoms with E-state index in [1.54, 1.807) is 37.5 Å². The van der Waals surface area contributed by atoms with Crippen LogP contribution in [-0.4, -0.2) is 41.7 Å². The van der Waals surface area contributed by atoms with Crippen LogP contribution in [-0.2, 0) is 22.4 Å². The molecule has 2 aromatic carbocycles. The normalized spacial score (nSPS) is 11.7. The maximum absolute atomic E-state index is 12.5. The van der Waals surface area contributed by atoms with Crippen molar-refractivity contribution in [2.24, 2.45) is 0 Å². The number of hydrogen-bond donors (Lipinski definition) is 4. The summed E-state index contributed by atoms with van der Waals surface area (Å²) >= 11 is 0. The number of para-hydroxylation sites is 1. The Morgan fingerprint density at radius 2 is 1.97 bits per heavy atom. The highest BCUT2D eigenvalue weighted by Gasteiger charge is 2.27. The molecule has 0 fully saturated rings. The predicted molar refractivity (Wildman–Crippen MR) is 113 cm³/mol. The van der Waals surface area contributed by atoms with Crippen molar-refractivity contribution in [2.45, 2.75) is 25.7 Å². The lowest BCUT2D eigenvalue weighted by atomic mass is 9.75. The minimum atomic E-state index is -1.74. The van der Waals surface area contributed by atoms with E-state index in [2.05, 4.69) is 10.6 Å². The Bertz CT molecular complexity index is 1020. The van der Waals surface area contributed by atoms with Gasteiger partial charge in [0.05, 0.1) is 25.2 Å². The van der Waals surface area contributed by atoms with E-state index in [0.29, 0.717) is 16.8 Å². The molecule has 9 heteroatoms. The summed E-state index contributed by atoms with van der Waals surface area (Å²) in [6, 6.07) is 14.2. The molecule has 3 rings (SSSR count). The second-order valence-corrected chi connectivity index (χ2v) is 6.77. The maximum Gasteiger partial charge on any atom is 0.475 e. The van der Waals surface area contributed by atoms with Crippen molar-refractivity contribution in [1.82, 2.24) is 5.32 Å². The van der Waals surface area contributed by atoms with Gasteiger partial charge in [-0.25, -0.2) is 4.79 Å². The van der Waals surface area contributed by atoms with Gasteiger partial charge in [0, 0.05) is 11.1 Å². The highest BCUT2D eigenvalue weighted by molar-refractivity contribution is 6.43. The van der Waals surface area contributed by atoms with Gasteiger partial charge in [-0.2, -0.15) is 0 Å². The molecule has 1 atom stereocenters. The van der Waals surface area contributed by atoms with Crippen molar-refractivity contribution in [1.29, 1.82) is 0 Å². The fourth-order valence-electron chi connectivity index (χ4n) is 3.15. The SMILES string of the molecule is CCOC(=O)Nc1cccc(CC(=O)N[C@@H](Cc2coc3ccccc23)B(O)O)c1. The Hall–Kier alpha value is -3.30. The average Bonchev–Trinajstić information content (AvgIpc) is 3.11. The zero-order valence-corrected chi connectivity index (χ0v) is 16.5. The molecule has 3 aromatic rings. The highest BCUT2D eigenvalue weighted by Crippen LogP contribution is 2.22.